The SMILES string of the molecule is C=C(C(C)=O)C(O)c1cccnc1. The Hall–Kier alpha value is -1.48. The first kappa shape index (κ1) is 9.61. The third kappa shape index (κ3) is 2.23. The van der Waals surface area contributed by atoms with E-state index in [1.807, 2.05) is 0 Å². The molecule has 0 saturated carbocycles. The van der Waals surface area contributed by atoms with Crippen LogP contribution in [0, 0.1) is 0 Å². The van der Waals surface area contributed by atoms with Crippen molar-refractivity contribution in [1.29, 1.82) is 0 Å². The lowest BCUT2D eigenvalue weighted by molar-refractivity contribution is -0.114. The molecule has 0 saturated heterocycles. The minimum Gasteiger partial charge on any atom is -0.383 e. The van der Waals surface area contributed by atoms with Crippen LogP contribution in [0.1, 0.15) is 18.6 Å². The van der Waals surface area contributed by atoms with Gasteiger partial charge in [0.05, 0.1) is 0 Å². The van der Waals surface area contributed by atoms with Crippen molar-refractivity contribution in [2.75, 3.05) is 0 Å². The van der Waals surface area contributed by atoms with E-state index in [4.69, 9.17) is 0 Å². The monoisotopic (exact) mass is 177 g/mol. The molecule has 68 valence electrons. The van der Waals surface area contributed by atoms with E-state index in [1.54, 1.807) is 18.3 Å². The highest BCUT2D eigenvalue weighted by Gasteiger charge is 2.14. The van der Waals surface area contributed by atoms with E-state index in [1.165, 1.54) is 13.1 Å². The topological polar surface area (TPSA) is 50.2 Å². The van der Waals surface area contributed by atoms with Crippen LogP contribution < -0.4 is 0 Å². The summed E-state index contributed by atoms with van der Waals surface area (Å²) in [5.41, 5.74) is 0.774. The summed E-state index contributed by atoms with van der Waals surface area (Å²) in [6.07, 6.45) is 2.18. The van der Waals surface area contributed by atoms with Crippen LogP contribution in [-0.2, 0) is 4.79 Å². The number of aromatic nitrogens is 1. The second kappa shape index (κ2) is 3.96. The van der Waals surface area contributed by atoms with Crippen LogP contribution in [-0.4, -0.2) is 15.9 Å². The van der Waals surface area contributed by atoms with Gasteiger partial charge in [-0.25, -0.2) is 0 Å². The summed E-state index contributed by atoms with van der Waals surface area (Å²) < 4.78 is 0. The van der Waals surface area contributed by atoms with E-state index in [9.17, 15) is 9.90 Å². The number of ketones is 1. The van der Waals surface area contributed by atoms with Crippen LogP contribution in [0.4, 0.5) is 0 Å². The van der Waals surface area contributed by atoms with Gasteiger partial charge in [0.2, 0.25) is 0 Å². The van der Waals surface area contributed by atoms with Gasteiger partial charge in [0.1, 0.15) is 6.10 Å². The zero-order chi connectivity index (χ0) is 9.84. The maximum absolute atomic E-state index is 10.9. The van der Waals surface area contributed by atoms with Gasteiger partial charge in [0, 0.05) is 23.5 Å². The number of aliphatic hydroxyl groups is 1. The molecule has 0 aliphatic carbocycles. The molecule has 0 radical (unpaired) electrons. The Morgan fingerprint density at radius 1 is 1.69 bits per heavy atom. The van der Waals surface area contributed by atoms with Crippen molar-refractivity contribution in [2.45, 2.75) is 13.0 Å². The summed E-state index contributed by atoms with van der Waals surface area (Å²) in [7, 11) is 0. The Morgan fingerprint density at radius 2 is 2.38 bits per heavy atom. The molecule has 1 heterocycles. The fourth-order valence-electron chi connectivity index (χ4n) is 0.931. The van der Waals surface area contributed by atoms with Crippen molar-refractivity contribution in [1.82, 2.24) is 4.98 Å². The number of carbonyl (C=O) groups is 1. The lowest BCUT2D eigenvalue weighted by Gasteiger charge is -2.10. The van der Waals surface area contributed by atoms with E-state index in [2.05, 4.69) is 11.6 Å². The molecule has 0 aromatic carbocycles. The van der Waals surface area contributed by atoms with Gasteiger partial charge in [0.25, 0.3) is 0 Å². The number of aliphatic hydroxyl groups excluding tert-OH is 1. The summed E-state index contributed by atoms with van der Waals surface area (Å²) in [5, 5.41) is 9.60. The Bertz CT molecular complexity index is 319. The highest BCUT2D eigenvalue weighted by molar-refractivity contribution is 5.93. The molecule has 1 atom stereocenters. The lowest BCUT2D eigenvalue weighted by atomic mass is 10.0. The highest BCUT2D eigenvalue weighted by atomic mass is 16.3. The number of hydrogen-bond acceptors (Lipinski definition) is 3. The van der Waals surface area contributed by atoms with Crippen molar-refractivity contribution < 1.29 is 9.90 Å². The predicted molar refractivity (Wildman–Crippen MR) is 49.0 cm³/mol. The first-order valence-corrected chi connectivity index (χ1v) is 3.90. The summed E-state index contributed by atoms with van der Waals surface area (Å²) >= 11 is 0. The van der Waals surface area contributed by atoms with E-state index in [0.717, 1.165) is 0 Å². The second-order valence-corrected chi connectivity index (χ2v) is 2.77. The molecule has 1 rings (SSSR count). The maximum atomic E-state index is 10.9. The molecule has 0 bridgehead atoms. The molecule has 1 N–H and O–H groups in total. The van der Waals surface area contributed by atoms with Crippen molar-refractivity contribution in [2.24, 2.45) is 0 Å². The lowest BCUT2D eigenvalue weighted by Crippen LogP contribution is -2.07. The average molecular weight is 177 g/mol. The van der Waals surface area contributed by atoms with Crippen LogP contribution in [0.2, 0.25) is 0 Å². The van der Waals surface area contributed by atoms with Gasteiger partial charge in [0.15, 0.2) is 5.78 Å². The van der Waals surface area contributed by atoms with Crippen molar-refractivity contribution >= 4 is 5.78 Å². The van der Waals surface area contributed by atoms with Crippen LogP contribution in [0.25, 0.3) is 0 Å². The van der Waals surface area contributed by atoms with Crippen LogP contribution in [0.5, 0.6) is 0 Å². The van der Waals surface area contributed by atoms with Crippen molar-refractivity contribution in [3.05, 3.63) is 42.2 Å². The van der Waals surface area contributed by atoms with Gasteiger partial charge in [-0.15, -0.1) is 0 Å². The fraction of sp³-hybridized carbons (Fsp3) is 0.200. The standard InChI is InChI=1S/C10H11NO2/c1-7(8(2)12)10(13)9-4-3-5-11-6-9/h3-6,10,13H,1H2,2H3. The van der Waals surface area contributed by atoms with Crippen LogP contribution in [0.15, 0.2) is 36.7 Å². The van der Waals surface area contributed by atoms with Crippen molar-refractivity contribution in [3.63, 3.8) is 0 Å². The third-order valence-electron chi connectivity index (χ3n) is 1.78. The number of pyridine rings is 1. The molecule has 0 fully saturated rings. The smallest absolute Gasteiger partial charge is 0.158 e. The van der Waals surface area contributed by atoms with Gasteiger partial charge in [-0.3, -0.25) is 9.78 Å². The largest absolute Gasteiger partial charge is 0.383 e. The molecule has 1 aromatic heterocycles. The summed E-state index contributed by atoms with van der Waals surface area (Å²) in [6, 6.07) is 3.40. The van der Waals surface area contributed by atoms with Crippen LogP contribution >= 0.6 is 0 Å². The minimum atomic E-state index is -0.939. The zero-order valence-corrected chi connectivity index (χ0v) is 7.40. The normalized spacial score (nSPS) is 12.2. The highest BCUT2D eigenvalue weighted by Crippen LogP contribution is 2.19. The average Bonchev–Trinajstić information content (AvgIpc) is 2.17. The number of Topliss-reactive ketones (excluding diaryl/α,β-unsaturated/α-hetero) is 1. The summed E-state index contributed by atoms with van der Waals surface area (Å²) in [5.74, 6) is -0.212. The third-order valence-corrected chi connectivity index (χ3v) is 1.78. The molecule has 1 aromatic rings. The Balaban J connectivity index is 2.86. The molecular formula is C10H11NO2. The summed E-state index contributed by atoms with van der Waals surface area (Å²) in [6.45, 7) is 4.88. The maximum Gasteiger partial charge on any atom is 0.158 e. The van der Waals surface area contributed by atoms with Crippen molar-refractivity contribution in [3.8, 4) is 0 Å². The zero-order valence-electron chi connectivity index (χ0n) is 7.40. The molecule has 1 unspecified atom stereocenters. The molecule has 0 aliphatic rings. The van der Waals surface area contributed by atoms with E-state index < -0.39 is 6.10 Å². The van der Waals surface area contributed by atoms with Gasteiger partial charge in [-0.05, 0) is 13.0 Å². The Labute approximate surface area is 76.7 Å². The summed E-state index contributed by atoms with van der Waals surface area (Å²) in [4.78, 5) is 14.7. The first-order chi connectivity index (χ1) is 6.13. The molecule has 13 heavy (non-hydrogen) atoms. The number of hydrogen-bond donors (Lipinski definition) is 1. The van der Waals surface area contributed by atoms with Gasteiger partial charge >= 0.3 is 0 Å². The minimum absolute atomic E-state index is 0.188. The molecule has 3 nitrogen and oxygen atoms in total. The van der Waals surface area contributed by atoms with E-state index >= 15 is 0 Å². The predicted octanol–water partition coefficient (Wildman–Crippen LogP) is 1.26. The van der Waals surface area contributed by atoms with E-state index in [0.29, 0.717) is 5.56 Å². The fourth-order valence-corrected chi connectivity index (χ4v) is 0.931. The van der Waals surface area contributed by atoms with Gasteiger partial charge < -0.3 is 5.11 Å². The molecule has 0 aliphatic heterocycles. The molecule has 0 spiro atoms. The Kier molecular flexibility index (Phi) is 2.93. The quantitative estimate of drug-likeness (QED) is 0.707. The number of carbonyl (C=O) groups excluding carboxylic acids is 1. The Morgan fingerprint density at radius 3 is 2.85 bits per heavy atom. The first-order valence-electron chi connectivity index (χ1n) is 3.90. The van der Waals surface area contributed by atoms with Crippen LogP contribution in [0.3, 0.4) is 0 Å². The van der Waals surface area contributed by atoms with Gasteiger partial charge in [-0.2, -0.15) is 0 Å². The number of rotatable bonds is 3. The second-order valence-electron chi connectivity index (χ2n) is 2.77. The van der Waals surface area contributed by atoms with Gasteiger partial charge in [-0.1, -0.05) is 12.6 Å². The number of nitrogens with zero attached hydrogens (tertiary/aromatic N) is 1. The molecule has 3 heteroatoms. The molecule has 0 amide bonds. The van der Waals surface area contributed by atoms with E-state index in [-0.39, 0.29) is 11.4 Å². The molecular weight excluding hydrogens is 166 g/mol.